The fourth-order valence-electron chi connectivity index (χ4n) is 0.887. The summed E-state index contributed by atoms with van der Waals surface area (Å²) in [5.74, 6) is 0. The van der Waals surface area contributed by atoms with Crippen molar-refractivity contribution in [2.75, 3.05) is 40.5 Å². The summed E-state index contributed by atoms with van der Waals surface area (Å²) in [6, 6.07) is 0. The van der Waals surface area contributed by atoms with Crippen LogP contribution in [-0.2, 0) is 4.74 Å². The van der Waals surface area contributed by atoms with Gasteiger partial charge in [-0.25, -0.2) is 0 Å². The Labute approximate surface area is 84.9 Å². The topological polar surface area (TPSA) is 73.2 Å². The Hall–Kier alpha value is -0.200. The first-order valence-electron chi connectivity index (χ1n) is 4.77. The third-order valence-corrected chi connectivity index (χ3v) is 1.84. The largest absolute Gasteiger partial charge is 0.396 e. The van der Waals surface area contributed by atoms with Gasteiger partial charge in [-0.15, -0.1) is 0 Å². The predicted octanol–water partition coefficient (Wildman–Crippen LogP) is -1.33. The number of aliphatic hydroxyl groups excluding tert-OH is 3. The van der Waals surface area contributed by atoms with Crippen LogP contribution in [0, 0.1) is 0 Å². The predicted molar refractivity (Wildman–Crippen MR) is 53.1 cm³/mol. The second-order valence-corrected chi connectivity index (χ2v) is 3.53. The van der Waals surface area contributed by atoms with E-state index >= 15 is 0 Å². The summed E-state index contributed by atoms with van der Waals surface area (Å²) in [6.45, 7) is 1.28. The van der Waals surface area contributed by atoms with E-state index in [1.807, 2.05) is 19.0 Å². The Kier molecular flexibility index (Phi) is 8.02. The molecule has 14 heavy (non-hydrogen) atoms. The molecule has 0 rings (SSSR count). The second kappa shape index (κ2) is 8.14. The average Bonchev–Trinajstić information content (AvgIpc) is 2.12. The van der Waals surface area contributed by atoms with Crippen molar-refractivity contribution in [2.45, 2.75) is 18.6 Å². The van der Waals surface area contributed by atoms with Crippen molar-refractivity contribution >= 4 is 0 Å². The molecule has 5 heteroatoms. The number of aliphatic hydroxyl groups is 3. The lowest BCUT2D eigenvalue weighted by molar-refractivity contribution is -0.0465. The molecule has 0 aliphatic heterocycles. The van der Waals surface area contributed by atoms with Crippen LogP contribution in [0.3, 0.4) is 0 Å². The molecule has 0 aromatic rings. The van der Waals surface area contributed by atoms with Gasteiger partial charge in [0.05, 0.1) is 19.3 Å². The van der Waals surface area contributed by atoms with Crippen molar-refractivity contribution in [1.82, 2.24) is 4.90 Å². The first-order valence-corrected chi connectivity index (χ1v) is 4.77. The summed E-state index contributed by atoms with van der Waals surface area (Å²) in [5.41, 5.74) is 0. The number of ether oxygens (including phenoxy) is 1. The van der Waals surface area contributed by atoms with E-state index in [9.17, 15) is 10.2 Å². The number of hydrogen-bond acceptors (Lipinski definition) is 5. The molecule has 0 heterocycles. The first-order chi connectivity index (χ1) is 6.57. The van der Waals surface area contributed by atoms with Crippen molar-refractivity contribution in [3.05, 3.63) is 0 Å². The van der Waals surface area contributed by atoms with E-state index in [1.54, 1.807) is 0 Å². The zero-order valence-electron chi connectivity index (χ0n) is 8.89. The molecule has 0 radical (unpaired) electrons. The Bertz CT molecular complexity index is 132. The minimum absolute atomic E-state index is 0.106. The SMILES string of the molecule is CN(C)CCOCC(O)C(O)CCO. The zero-order chi connectivity index (χ0) is 11.0. The molecule has 0 fully saturated rings. The molecule has 2 unspecified atom stereocenters. The maximum atomic E-state index is 9.31. The average molecular weight is 207 g/mol. The lowest BCUT2D eigenvalue weighted by Gasteiger charge is -2.17. The Balaban J connectivity index is 3.38. The summed E-state index contributed by atoms with van der Waals surface area (Å²) >= 11 is 0. The van der Waals surface area contributed by atoms with Crippen LogP contribution in [0.15, 0.2) is 0 Å². The first kappa shape index (κ1) is 13.8. The normalized spacial score (nSPS) is 15.9. The number of likely N-dealkylation sites (N-methyl/N-ethyl adjacent to an activating group) is 1. The molecule has 0 saturated carbocycles. The van der Waals surface area contributed by atoms with E-state index in [2.05, 4.69) is 0 Å². The highest BCUT2D eigenvalue weighted by atomic mass is 16.5. The highest BCUT2D eigenvalue weighted by molar-refractivity contribution is 4.65. The fourth-order valence-corrected chi connectivity index (χ4v) is 0.887. The minimum Gasteiger partial charge on any atom is -0.396 e. The summed E-state index contributed by atoms with van der Waals surface area (Å²) in [6.07, 6.45) is -1.64. The van der Waals surface area contributed by atoms with Gasteiger partial charge in [-0.3, -0.25) is 0 Å². The van der Waals surface area contributed by atoms with E-state index in [-0.39, 0.29) is 19.6 Å². The summed E-state index contributed by atoms with van der Waals surface area (Å²) in [5, 5.41) is 27.1. The van der Waals surface area contributed by atoms with E-state index in [4.69, 9.17) is 9.84 Å². The van der Waals surface area contributed by atoms with E-state index in [1.165, 1.54) is 0 Å². The number of hydrogen-bond donors (Lipinski definition) is 3. The van der Waals surface area contributed by atoms with Gasteiger partial charge in [-0.05, 0) is 20.5 Å². The zero-order valence-corrected chi connectivity index (χ0v) is 8.89. The van der Waals surface area contributed by atoms with Gasteiger partial charge >= 0.3 is 0 Å². The molecule has 0 aromatic heterocycles. The monoisotopic (exact) mass is 207 g/mol. The van der Waals surface area contributed by atoms with Gasteiger partial charge < -0.3 is 25.0 Å². The van der Waals surface area contributed by atoms with Gasteiger partial charge in [0.1, 0.15) is 6.10 Å². The summed E-state index contributed by atoms with van der Waals surface area (Å²) in [4.78, 5) is 1.97. The molecule has 0 amide bonds. The van der Waals surface area contributed by atoms with Crippen molar-refractivity contribution in [1.29, 1.82) is 0 Å². The molecular formula is C9H21NO4. The van der Waals surface area contributed by atoms with E-state index in [0.717, 1.165) is 6.54 Å². The highest BCUT2D eigenvalue weighted by Crippen LogP contribution is 1.98. The smallest absolute Gasteiger partial charge is 0.103 e. The van der Waals surface area contributed by atoms with Crippen molar-refractivity contribution in [3.8, 4) is 0 Å². The molecule has 0 spiro atoms. The third kappa shape index (κ3) is 7.23. The van der Waals surface area contributed by atoms with Gasteiger partial charge in [-0.2, -0.15) is 0 Å². The van der Waals surface area contributed by atoms with Crippen LogP contribution in [-0.4, -0.2) is 72.9 Å². The van der Waals surface area contributed by atoms with Crippen molar-refractivity contribution < 1.29 is 20.1 Å². The van der Waals surface area contributed by atoms with Crippen LogP contribution in [0.25, 0.3) is 0 Å². The molecule has 5 nitrogen and oxygen atoms in total. The molecule has 0 aliphatic rings. The molecule has 3 N–H and O–H groups in total. The number of nitrogens with zero attached hydrogens (tertiary/aromatic N) is 1. The molecule has 86 valence electrons. The maximum Gasteiger partial charge on any atom is 0.103 e. The van der Waals surface area contributed by atoms with Crippen LogP contribution in [0.5, 0.6) is 0 Å². The van der Waals surface area contributed by atoms with Gasteiger partial charge in [0.15, 0.2) is 0 Å². The second-order valence-electron chi connectivity index (χ2n) is 3.53. The van der Waals surface area contributed by atoms with Crippen molar-refractivity contribution in [3.63, 3.8) is 0 Å². The summed E-state index contributed by atoms with van der Waals surface area (Å²) < 4.78 is 5.14. The standard InChI is InChI=1S/C9H21NO4/c1-10(2)4-6-14-7-9(13)8(12)3-5-11/h8-9,11-13H,3-7H2,1-2H3. The van der Waals surface area contributed by atoms with E-state index < -0.39 is 12.2 Å². The van der Waals surface area contributed by atoms with Crippen molar-refractivity contribution in [2.24, 2.45) is 0 Å². The van der Waals surface area contributed by atoms with Crippen LogP contribution in [0.4, 0.5) is 0 Å². The molecule has 0 bridgehead atoms. The Morgan fingerprint density at radius 3 is 2.36 bits per heavy atom. The van der Waals surface area contributed by atoms with Crippen LogP contribution >= 0.6 is 0 Å². The van der Waals surface area contributed by atoms with Gasteiger partial charge in [0.2, 0.25) is 0 Å². The lowest BCUT2D eigenvalue weighted by Crippen LogP contribution is -2.32. The fraction of sp³-hybridized carbons (Fsp3) is 1.00. The third-order valence-electron chi connectivity index (χ3n) is 1.84. The van der Waals surface area contributed by atoms with E-state index in [0.29, 0.717) is 6.61 Å². The van der Waals surface area contributed by atoms with Crippen LogP contribution in [0.2, 0.25) is 0 Å². The van der Waals surface area contributed by atoms with Gasteiger partial charge in [0.25, 0.3) is 0 Å². The summed E-state index contributed by atoms with van der Waals surface area (Å²) in [7, 11) is 3.86. The number of rotatable bonds is 8. The molecular weight excluding hydrogens is 186 g/mol. The lowest BCUT2D eigenvalue weighted by atomic mass is 10.1. The quantitative estimate of drug-likeness (QED) is 0.430. The maximum absolute atomic E-state index is 9.31. The molecule has 2 atom stereocenters. The molecule has 0 aliphatic carbocycles. The Morgan fingerprint density at radius 1 is 1.21 bits per heavy atom. The van der Waals surface area contributed by atoms with Gasteiger partial charge in [0, 0.05) is 13.2 Å². The Morgan fingerprint density at radius 2 is 1.86 bits per heavy atom. The van der Waals surface area contributed by atoms with Crippen LogP contribution in [0.1, 0.15) is 6.42 Å². The minimum atomic E-state index is -0.913. The molecule has 0 aromatic carbocycles. The van der Waals surface area contributed by atoms with Crippen LogP contribution < -0.4 is 0 Å². The highest BCUT2D eigenvalue weighted by Gasteiger charge is 2.15. The van der Waals surface area contributed by atoms with Gasteiger partial charge in [-0.1, -0.05) is 0 Å². The molecule has 0 saturated heterocycles.